The Morgan fingerprint density at radius 1 is 1.50 bits per heavy atom. The lowest BCUT2D eigenvalue weighted by Gasteiger charge is -2.20. The second-order valence-corrected chi connectivity index (χ2v) is 4.69. The van der Waals surface area contributed by atoms with Gasteiger partial charge in [-0.25, -0.2) is 0 Å². The zero-order chi connectivity index (χ0) is 11.9. The largest absolute Gasteiger partial charge is 0.446 e. The Kier molecular flexibility index (Phi) is 2.50. The van der Waals surface area contributed by atoms with E-state index in [9.17, 15) is 9.59 Å². The molecule has 0 unspecified atom stereocenters. The smallest absolute Gasteiger partial charge is 0.294 e. The van der Waals surface area contributed by atoms with Crippen LogP contribution < -0.4 is 4.90 Å². The zero-order valence-electron chi connectivity index (χ0n) is 8.86. The number of anilines is 1. The van der Waals surface area contributed by atoms with E-state index in [1.807, 2.05) is 12.1 Å². The molecular formula is C11H10BrNO3. The number of likely N-dealkylation sites (N-methyl/N-ethyl adjacent to an activating group) is 1. The number of ether oxygens (including phenoxy) is 1. The van der Waals surface area contributed by atoms with Gasteiger partial charge >= 0.3 is 0 Å². The molecule has 0 saturated heterocycles. The van der Waals surface area contributed by atoms with Gasteiger partial charge in [0.2, 0.25) is 5.60 Å². The van der Waals surface area contributed by atoms with Gasteiger partial charge in [0.05, 0.1) is 5.69 Å². The molecule has 0 saturated carbocycles. The zero-order valence-corrected chi connectivity index (χ0v) is 10.4. The SMILES string of the molecule is CN1C(=O)[C@](C)(OC=O)c2ccc(Br)cc21. The van der Waals surface area contributed by atoms with Gasteiger partial charge in [0.1, 0.15) is 0 Å². The molecule has 1 aromatic rings. The summed E-state index contributed by atoms with van der Waals surface area (Å²) in [5, 5.41) is 0. The van der Waals surface area contributed by atoms with Crippen molar-refractivity contribution in [3.8, 4) is 0 Å². The van der Waals surface area contributed by atoms with Crippen LogP contribution in [0.5, 0.6) is 0 Å². The van der Waals surface area contributed by atoms with Crippen molar-refractivity contribution in [1.29, 1.82) is 0 Å². The molecule has 0 spiro atoms. The normalized spacial score (nSPS) is 23.2. The van der Waals surface area contributed by atoms with E-state index < -0.39 is 5.60 Å². The first-order valence-corrected chi connectivity index (χ1v) is 5.49. The summed E-state index contributed by atoms with van der Waals surface area (Å²) in [5.74, 6) is -0.243. The molecule has 84 valence electrons. The first-order valence-electron chi connectivity index (χ1n) is 4.70. The molecule has 1 amide bonds. The Bertz CT molecular complexity index is 474. The summed E-state index contributed by atoms with van der Waals surface area (Å²) in [6.45, 7) is 1.91. The molecular weight excluding hydrogens is 274 g/mol. The van der Waals surface area contributed by atoms with Gasteiger partial charge in [-0.05, 0) is 19.1 Å². The topological polar surface area (TPSA) is 46.6 Å². The van der Waals surface area contributed by atoms with Crippen LogP contribution in [0.15, 0.2) is 22.7 Å². The van der Waals surface area contributed by atoms with Gasteiger partial charge in [-0.15, -0.1) is 0 Å². The molecule has 16 heavy (non-hydrogen) atoms. The van der Waals surface area contributed by atoms with E-state index in [1.54, 1.807) is 20.0 Å². The molecule has 4 nitrogen and oxygen atoms in total. The highest BCUT2D eigenvalue weighted by Gasteiger charge is 2.48. The van der Waals surface area contributed by atoms with Crippen LogP contribution in [0.1, 0.15) is 12.5 Å². The maximum absolute atomic E-state index is 12.0. The Hall–Kier alpha value is -1.36. The molecule has 0 fully saturated rings. The van der Waals surface area contributed by atoms with Crippen molar-refractivity contribution in [3.05, 3.63) is 28.2 Å². The molecule has 5 heteroatoms. The first kappa shape index (κ1) is 11.1. The van der Waals surface area contributed by atoms with Gasteiger partial charge in [-0.3, -0.25) is 9.59 Å². The molecule has 1 aliphatic heterocycles. The number of carbonyl (C=O) groups is 2. The summed E-state index contributed by atoms with van der Waals surface area (Å²) in [5.41, 5.74) is 0.256. The lowest BCUT2D eigenvalue weighted by atomic mass is 9.98. The van der Waals surface area contributed by atoms with Crippen molar-refractivity contribution in [3.63, 3.8) is 0 Å². The predicted octanol–water partition coefficient (Wildman–Crippen LogP) is 1.81. The fraction of sp³-hybridized carbons (Fsp3) is 0.273. The summed E-state index contributed by atoms with van der Waals surface area (Å²) in [4.78, 5) is 24.0. The van der Waals surface area contributed by atoms with Crippen LogP contribution in [-0.2, 0) is 19.9 Å². The van der Waals surface area contributed by atoms with Gasteiger partial charge in [0, 0.05) is 17.1 Å². The van der Waals surface area contributed by atoms with E-state index in [0.29, 0.717) is 12.0 Å². The molecule has 0 aromatic heterocycles. The van der Waals surface area contributed by atoms with Crippen LogP contribution in [0.3, 0.4) is 0 Å². The van der Waals surface area contributed by atoms with Crippen LogP contribution in [-0.4, -0.2) is 19.4 Å². The van der Waals surface area contributed by atoms with E-state index in [2.05, 4.69) is 15.9 Å². The lowest BCUT2D eigenvalue weighted by Crippen LogP contribution is -2.38. The van der Waals surface area contributed by atoms with Crippen LogP contribution in [0.2, 0.25) is 0 Å². The highest BCUT2D eigenvalue weighted by atomic mass is 79.9. The minimum atomic E-state index is -1.20. The molecule has 0 N–H and O–H groups in total. The van der Waals surface area contributed by atoms with Crippen molar-refractivity contribution in [2.45, 2.75) is 12.5 Å². The molecule has 0 aliphatic carbocycles. The average molecular weight is 284 g/mol. The van der Waals surface area contributed by atoms with Gasteiger partial charge in [-0.1, -0.05) is 22.0 Å². The fourth-order valence-electron chi connectivity index (χ4n) is 1.94. The van der Waals surface area contributed by atoms with Crippen molar-refractivity contribution >= 4 is 34.0 Å². The van der Waals surface area contributed by atoms with E-state index in [-0.39, 0.29) is 5.91 Å². The minimum absolute atomic E-state index is 0.243. The Balaban J connectivity index is 2.62. The van der Waals surface area contributed by atoms with Crippen molar-refractivity contribution in [1.82, 2.24) is 0 Å². The maximum Gasteiger partial charge on any atom is 0.294 e. The standard InChI is InChI=1S/C11H10BrNO3/c1-11(16-6-14)8-4-3-7(12)5-9(8)13(2)10(11)15/h3-6H,1-2H3/t11-/m1/s1. The highest BCUT2D eigenvalue weighted by Crippen LogP contribution is 2.42. The number of hydrogen-bond donors (Lipinski definition) is 0. The van der Waals surface area contributed by atoms with Crippen molar-refractivity contribution in [2.75, 3.05) is 11.9 Å². The monoisotopic (exact) mass is 283 g/mol. The summed E-state index contributed by atoms with van der Waals surface area (Å²) in [6.07, 6.45) is 0. The third kappa shape index (κ3) is 1.35. The number of nitrogens with zero attached hydrogens (tertiary/aromatic N) is 1. The number of carbonyl (C=O) groups excluding carboxylic acids is 2. The Labute approximate surface area is 101 Å². The molecule has 1 aliphatic rings. The van der Waals surface area contributed by atoms with Gasteiger partial charge in [0.25, 0.3) is 12.4 Å². The van der Waals surface area contributed by atoms with Crippen LogP contribution in [0.4, 0.5) is 5.69 Å². The average Bonchev–Trinajstić information content (AvgIpc) is 2.42. The van der Waals surface area contributed by atoms with Gasteiger partial charge < -0.3 is 9.64 Å². The van der Waals surface area contributed by atoms with Crippen molar-refractivity contribution < 1.29 is 14.3 Å². The number of halogens is 1. The number of benzene rings is 1. The summed E-state index contributed by atoms with van der Waals surface area (Å²) in [7, 11) is 1.66. The predicted molar refractivity (Wildman–Crippen MR) is 62.1 cm³/mol. The number of hydrogen-bond acceptors (Lipinski definition) is 3. The maximum atomic E-state index is 12.0. The van der Waals surface area contributed by atoms with Crippen molar-refractivity contribution in [2.24, 2.45) is 0 Å². The third-order valence-corrected chi connectivity index (χ3v) is 3.32. The number of amides is 1. The van der Waals surface area contributed by atoms with Crippen LogP contribution in [0.25, 0.3) is 0 Å². The Morgan fingerprint density at radius 3 is 2.81 bits per heavy atom. The fourth-order valence-corrected chi connectivity index (χ4v) is 2.29. The van der Waals surface area contributed by atoms with E-state index >= 15 is 0 Å². The van der Waals surface area contributed by atoms with Gasteiger partial charge in [-0.2, -0.15) is 0 Å². The molecule has 2 rings (SSSR count). The third-order valence-electron chi connectivity index (χ3n) is 2.83. The van der Waals surface area contributed by atoms with E-state index in [4.69, 9.17) is 4.74 Å². The second kappa shape index (κ2) is 3.59. The second-order valence-electron chi connectivity index (χ2n) is 3.77. The number of rotatable bonds is 2. The van der Waals surface area contributed by atoms with Gasteiger partial charge in [0.15, 0.2) is 0 Å². The summed E-state index contributed by atoms with van der Waals surface area (Å²) in [6, 6.07) is 5.43. The molecule has 1 heterocycles. The van der Waals surface area contributed by atoms with E-state index in [1.165, 1.54) is 4.90 Å². The molecule has 0 radical (unpaired) electrons. The number of fused-ring (bicyclic) bond motifs is 1. The Morgan fingerprint density at radius 2 is 2.19 bits per heavy atom. The highest BCUT2D eigenvalue weighted by molar-refractivity contribution is 9.10. The molecule has 1 aromatic carbocycles. The van der Waals surface area contributed by atoms with Crippen LogP contribution >= 0.6 is 15.9 Å². The molecule has 0 bridgehead atoms. The summed E-state index contributed by atoms with van der Waals surface area (Å²) < 4.78 is 5.83. The van der Waals surface area contributed by atoms with E-state index in [0.717, 1.165) is 10.2 Å². The summed E-state index contributed by atoms with van der Waals surface area (Å²) >= 11 is 3.34. The quantitative estimate of drug-likeness (QED) is 0.778. The first-order chi connectivity index (χ1) is 7.50. The molecule has 1 atom stereocenters. The van der Waals surface area contributed by atoms with Crippen LogP contribution in [0, 0.1) is 0 Å². The lowest BCUT2D eigenvalue weighted by molar-refractivity contribution is -0.154. The minimum Gasteiger partial charge on any atom is -0.446 e.